The van der Waals surface area contributed by atoms with Gasteiger partial charge >= 0.3 is 5.97 Å². The van der Waals surface area contributed by atoms with E-state index in [0.717, 1.165) is 18.4 Å². The molecule has 0 heterocycles. The Bertz CT molecular complexity index is 462. The van der Waals surface area contributed by atoms with Gasteiger partial charge in [0.15, 0.2) is 0 Å². The molecule has 128 valence electrons. The second kappa shape index (κ2) is 11.9. The summed E-state index contributed by atoms with van der Waals surface area (Å²) in [7, 11) is 0. The van der Waals surface area contributed by atoms with E-state index in [9.17, 15) is 9.90 Å². The molecule has 0 saturated heterocycles. The summed E-state index contributed by atoms with van der Waals surface area (Å²) in [5.74, 6) is -0.300. The molecule has 1 aromatic rings. The number of unbranched alkanes of at least 4 members (excludes halogenated alkanes) is 5. The number of esters is 1. The van der Waals surface area contributed by atoms with Gasteiger partial charge < -0.3 is 9.84 Å². The lowest BCUT2D eigenvalue weighted by Gasteiger charge is -2.06. The maximum absolute atomic E-state index is 11.6. The molecule has 1 N–H and O–H groups in total. The van der Waals surface area contributed by atoms with Crippen LogP contribution in [-0.4, -0.2) is 23.8 Å². The minimum atomic E-state index is -0.397. The average Bonchev–Trinajstić information content (AvgIpc) is 2.57. The molecule has 0 aliphatic rings. The van der Waals surface area contributed by atoms with Crippen molar-refractivity contribution in [2.45, 2.75) is 64.9 Å². The Hall–Kier alpha value is -1.61. The number of aliphatic hydroxyl groups excluding tert-OH is 1. The molecular formula is C20H30O3. The van der Waals surface area contributed by atoms with Crippen LogP contribution in [0.5, 0.6) is 0 Å². The van der Waals surface area contributed by atoms with Crippen molar-refractivity contribution < 1.29 is 14.6 Å². The van der Waals surface area contributed by atoms with Crippen molar-refractivity contribution in [1.29, 1.82) is 0 Å². The summed E-state index contributed by atoms with van der Waals surface area (Å²) < 4.78 is 4.95. The van der Waals surface area contributed by atoms with Gasteiger partial charge in [0.2, 0.25) is 0 Å². The summed E-state index contributed by atoms with van der Waals surface area (Å²) in [6.45, 7) is 4.39. The maximum atomic E-state index is 11.6. The summed E-state index contributed by atoms with van der Waals surface area (Å²) in [6.07, 6.45) is 11.5. The van der Waals surface area contributed by atoms with Crippen LogP contribution in [0.3, 0.4) is 0 Å². The summed E-state index contributed by atoms with van der Waals surface area (Å²) >= 11 is 0. The molecule has 1 rings (SSSR count). The van der Waals surface area contributed by atoms with Crippen molar-refractivity contribution in [3.63, 3.8) is 0 Å². The summed E-state index contributed by atoms with van der Waals surface area (Å²) in [6, 6.07) is 7.22. The van der Waals surface area contributed by atoms with Crippen molar-refractivity contribution in [3.8, 4) is 0 Å². The average molecular weight is 318 g/mol. The van der Waals surface area contributed by atoms with E-state index in [1.54, 1.807) is 19.1 Å². The maximum Gasteiger partial charge on any atom is 0.338 e. The van der Waals surface area contributed by atoms with Gasteiger partial charge in [0.05, 0.1) is 18.3 Å². The van der Waals surface area contributed by atoms with Gasteiger partial charge in [-0.05, 0) is 31.0 Å². The lowest BCUT2D eigenvalue weighted by atomic mass is 10.1. The molecule has 0 spiro atoms. The van der Waals surface area contributed by atoms with E-state index in [1.165, 1.54) is 32.1 Å². The van der Waals surface area contributed by atoms with Crippen LogP contribution >= 0.6 is 0 Å². The van der Waals surface area contributed by atoms with E-state index in [0.29, 0.717) is 12.2 Å². The molecule has 0 aromatic heterocycles. The smallest absolute Gasteiger partial charge is 0.338 e. The van der Waals surface area contributed by atoms with Crippen LogP contribution in [0.2, 0.25) is 0 Å². The third-order valence-electron chi connectivity index (χ3n) is 3.79. The minimum Gasteiger partial charge on any atom is -0.462 e. The van der Waals surface area contributed by atoms with Crippen molar-refractivity contribution >= 4 is 12.0 Å². The highest BCUT2D eigenvalue weighted by molar-refractivity contribution is 5.89. The summed E-state index contributed by atoms with van der Waals surface area (Å²) in [4.78, 5) is 11.6. The van der Waals surface area contributed by atoms with E-state index in [2.05, 4.69) is 6.92 Å². The minimum absolute atomic E-state index is 0.300. The third-order valence-corrected chi connectivity index (χ3v) is 3.79. The molecule has 0 unspecified atom stereocenters. The largest absolute Gasteiger partial charge is 0.462 e. The standard InChI is InChI=1S/C20H30O3/c1-3-5-6-7-8-9-10-19(21)16-13-17-11-14-18(15-12-17)20(22)23-4-2/h11-16,19,21H,3-10H2,1-2H3/b16-13+/t19-/m0/s1. The Kier molecular flexibility index (Phi) is 10.0. The number of rotatable bonds is 11. The monoisotopic (exact) mass is 318 g/mol. The van der Waals surface area contributed by atoms with E-state index < -0.39 is 6.10 Å². The Labute approximate surface area is 140 Å². The highest BCUT2D eigenvalue weighted by atomic mass is 16.5. The van der Waals surface area contributed by atoms with Crippen molar-refractivity contribution in [2.75, 3.05) is 6.61 Å². The SMILES string of the molecule is CCCCCCCC[C@H](O)/C=C/c1ccc(C(=O)OCC)cc1. The number of aliphatic hydroxyl groups is 1. The van der Waals surface area contributed by atoms with Gasteiger partial charge in [-0.1, -0.05) is 69.7 Å². The zero-order chi connectivity index (χ0) is 16.9. The number of benzene rings is 1. The Balaban J connectivity index is 2.31. The quantitative estimate of drug-likeness (QED) is 0.462. The molecule has 3 nitrogen and oxygen atoms in total. The van der Waals surface area contributed by atoms with Gasteiger partial charge in [-0.3, -0.25) is 0 Å². The molecule has 0 aliphatic carbocycles. The van der Waals surface area contributed by atoms with Crippen molar-refractivity contribution in [2.24, 2.45) is 0 Å². The first-order chi connectivity index (χ1) is 11.2. The first-order valence-electron chi connectivity index (χ1n) is 8.80. The summed E-state index contributed by atoms with van der Waals surface area (Å²) in [5, 5.41) is 9.97. The molecule has 0 saturated carbocycles. The van der Waals surface area contributed by atoms with Crippen LogP contribution in [0.15, 0.2) is 30.3 Å². The number of ether oxygens (including phenoxy) is 1. The third kappa shape index (κ3) is 8.56. The van der Waals surface area contributed by atoms with Crippen LogP contribution in [-0.2, 0) is 4.74 Å². The topological polar surface area (TPSA) is 46.5 Å². The Morgan fingerprint density at radius 1 is 1.09 bits per heavy atom. The number of carbonyl (C=O) groups is 1. The summed E-state index contributed by atoms with van der Waals surface area (Å²) in [5.41, 5.74) is 1.52. The molecule has 1 aromatic carbocycles. The highest BCUT2D eigenvalue weighted by Crippen LogP contribution is 2.11. The fourth-order valence-electron chi connectivity index (χ4n) is 2.40. The molecule has 0 aliphatic heterocycles. The fourth-order valence-corrected chi connectivity index (χ4v) is 2.40. The number of carbonyl (C=O) groups excluding carboxylic acids is 1. The van der Waals surface area contributed by atoms with Crippen LogP contribution in [0.25, 0.3) is 6.08 Å². The molecule has 1 atom stereocenters. The molecule has 0 bridgehead atoms. The zero-order valence-corrected chi connectivity index (χ0v) is 14.5. The fraction of sp³-hybridized carbons (Fsp3) is 0.550. The van der Waals surface area contributed by atoms with Gasteiger partial charge in [-0.25, -0.2) is 4.79 Å². The second-order valence-electron chi connectivity index (χ2n) is 5.83. The predicted octanol–water partition coefficient (Wildman–Crippen LogP) is 4.99. The second-order valence-corrected chi connectivity index (χ2v) is 5.83. The van der Waals surface area contributed by atoms with Gasteiger partial charge in [0, 0.05) is 0 Å². The van der Waals surface area contributed by atoms with E-state index in [4.69, 9.17) is 4.74 Å². The van der Waals surface area contributed by atoms with Gasteiger partial charge in [0.1, 0.15) is 0 Å². The number of hydrogen-bond donors (Lipinski definition) is 1. The zero-order valence-electron chi connectivity index (χ0n) is 14.5. The first-order valence-corrected chi connectivity index (χ1v) is 8.80. The van der Waals surface area contributed by atoms with Crippen LogP contribution < -0.4 is 0 Å². The van der Waals surface area contributed by atoms with Gasteiger partial charge in [0.25, 0.3) is 0 Å². The molecule has 3 heteroatoms. The first kappa shape index (κ1) is 19.4. The van der Waals surface area contributed by atoms with Crippen molar-refractivity contribution in [3.05, 3.63) is 41.5 Å². The van der Waals surface area contributed by atoms with E-state index in [1.807, 2.05) is 24.3 Å². The molecule has 23 heavy (non-hydrogen) atoms. The van der Waals surface area contributed by atoms with Crippen LogP contribution in [0.4, 0.5) is 0 Å². The highest BCUT2D eigenvalue weighted by Gasteiger charge is 2.05. The number of hydrogen-bond acceptors (Lipinski definition) is 3. The predicted molar refractivity (Wildman–Crippen MR) is 95.4 cm³/mol. The van der Waals surface area contributed by atoms with Crippen LogP contribution in [0, 0.1) is 0 Å². The van der Waals surface area contributed by atoms with E-state index >= 15 is 0 Å². The normalized spacial score (nSPS) is 12.5. The van der Waals surface area contributed by atoms with Crippen molar-refractivity contribution in [1.82, 2.24) is 0 Å². The molecular weight excluding hydrogens is 288 g/mol. The molecule has 0 amide bonds. The lowest BCUT2D eigenvalue weighted by molar-refractivity contribution is 0.0526. The Morgan fingerprint density at radius 3 is 2.39 bits per heavy atom. The Morgan fingerprint density at radius 2 is 1.74 bits per heavy atom. The van der Waals surface area contributed by atoms with Gasteiger partial charge in [-0.15, -0.1) is 0 Å². The van der Waals surface area contributed by atoms with Crippen LogP contribution in [0.1, 0.15) is 74.7 Å². The van der Waals surface area contributed by atoms with E-state index in [-0.39, 0.29) is 5.97 Å². The molecule has 0 fully saturated rings. The lowest BCUT2D eigenvalue weighted by Crippen LogP contribution is -2.04. The molecule has 0 radical (unpaired) electrons. The van der Waals surface area contributed by atoms with Gasteiger partial charge in [-0.2, -0.15) is 0 Å².